The molecule has 7 aromatic rings. The van der Waals surface area contributed by atoms with E-state index in [1.54, 1.807) is 0 Å². The van der Waals surface area contributed by atoms with Crippen molar-refractivity contribution in [2.75, 3.05) is 0 Å². The van der Waals surface area contributed by atoms with Gasteiger partial charge in [-0.25, -0.2) is 0 Å². The van der Waals surface area contributed by atoms with E-state index in [2.05, 4.69) is 112 Å². The van der Waals surface area contributed by atoms with Crippen LogP contribution in [0.5, 0.6) is 0 Å². The minimum Gasteiger partial charge on any atom is -0.307 e. The molecule has 5 aromatic carbocycles. The third-order valence-electron chi connectivity index (χ3n) is 6.57. The Morgan fingerprint density at radius 1 is 0.424 bits per heavy atom. The number of para-hydroxylation sites is 5. The Hall–Kier alpha value is -4.01. The normalized spacial score (nSPS) is 11.8. The third kappa shape index (κ3) is 2.56. The Labute approximate surface area is 195 Å². The van der Waals surface area contributed by atoms with Gasteiger partial charge in [0.15, 0.2) is 0 Å². The Morgan fingerprint density at radius 3 is 1.70 bits per heavy atom. The number of fused-ring (bicyclic) bond motifs is 6. The molecule has 0 amide bonds. The molecule has 2 heterocycles. The predicted octanol–water partition coefficient (Wildman–Crippen LogP) is 8.53. The number of rotatable bonds is 2. The third-order valence-corrected chi connectivity index (χ3v) is 6.88. The molecule has 3 heteroatoms. The molecule has 0 atom stereocenters. The van der Waals surface area contributed by atoms with E-state index in [0.29, 0.717) is 0 Å². The molecule has 33 heavy (non-hydrogen) atoms. The van der Waals surface area contributed by atoms with Crippen LogP contribution in [-0.2, 0) is 0 Å². The molecule has 0 spiro atoms. The van der Waals surface area contributed by atoms with Gasteiger partial charge in [-0.05, 0) is 36.4 Å². The van der Waals surface area contributed by atoms with Crippen LogP contribution in [0.15, 0.2) is 115 Å². The first-order chi connectivity index (χ1) is 16.3. The van der Waals surface area contributed by atoms with Gasteiger partial charge in [0, 0.05) is 27.2 Å². The number of aromatic nitrogens is 2. The average molecular weight is 443 g/mol. The molecule has 7 rings (SSSR count). The second-order valence-corrected chi connectivity index (χ2v) is 8.76. The summed E-state index contributed by atoms with van der Waals surface area (Å²) in [4.78, 5) is 0. The lowest BCUT2D eigenvalue weighted by Crippen LogP contribution is -2.00. The largest absolute Gasteiger partial charge is 0.307 e. The molecule has 0 saturated carbocycles. The fraction of sp³-hybridized carbons (Fsp3) is 0. The molecule has 2 aromatic heterocycles. The molecule has 0 radical (unpaired) electrons. The van der Waals surface area contributed by atoms with Crippen LogP contribution in [0.4, 0.5) is 0 Å². The van der Waals surface area contributed by atoms with E-state index in [4.69, 9.17) is 11.6 Å². The van der Waals surface area contributed by atoms with Gasteiger partial charge in [0.2, 0.25) is 0 Å². The summed E-state index contributed by atoms with van der Waals surface area (Å²) >= 11 is 6.84. The molecule has 0 N–H and O–H groups in total. The van der Waals surface area contributed by atoms with E-state index < -0.39 is 0 Å². The lowest BCUT2D eigenvalue weighted by molar-refractivity contribution is 1.13. The lowest BCUT2D eigenvalue weighted by Gasteiger charge is -2.14. The summed E-state index contributed by atoms with van der Waals surface area (Å²) < 4.78 is 4.70. The Kier molecular flexibility index (Phi) is 3.93. The van der Waals surface area contributed by atoms with Gasteiger partial charge in [-0.3, -0.25) is 0 Å². The number of hydrogen-bond donors (Lipinski definition) is 0. The van der Waals surface area contributed by atoms with E-state index in [1.807, 2.05) is 12.1 Å². The van der Waals surface area contributed by atoms with Crippen LogP contribution < -0.4 is 0 Å². The van der Waals surface area contributed by atoms with Gasteiger partial charge in [-0.15, -0.1) is 0 Å². The van der Waals surface area contributed by atoms with Gasteiger partial charge >= 0.3 is 0 Å². The summed E-state index contributed by atoms with van der Waals surface area (Å²) in [5, 5.41) is 5.59. The Balaban J connectivity index is 1.74. The summed E-state index contributed by atoms with van der Waals surface area (Å²) in [6, 6.07) is 40.5. The van der Waals surface area contributed by atoms with Crippen molar-refractivity contribution in [3.05, 3.63) is 120 Å². The number of nitrogens with zero attached hydrogens (tertiary/aromatic N) is 2. The van der Waals surface area contributed by atoms with Crippen molar-refractivity contribution in [2.24, 2.45) is 0 Å². The van der Waals surface area contributed by atoms with Crippen LogP contribution in [0.3, 0.4) is 0 Å². The van der Waals surface area contributed by atoms with Crippen molar-refractivity contribution < 1.29 is 0 Å². The van der Waals surface area contributed by atoms with Gasteiger partial charge in [-0.2, -0.15) is 0 Å². The van der Waals surface area contributed by atoms with Crippen molar-refractivity contribution in [1.82, 2.24) is 9.13 Å². The maximum atomic E-state index is 6.84. The van der Waals surface area contributed by atoms with Crippen molar-refractivity contribution >= 4 is 55.2 Å². The molecule has 156 valence electrons. The highest BCUT2D eigenvalue weighted by molar-refractivity contribution is 6.36. The highest BCUT2D eigenvalue weighted by Crippen LogP contribution is 2.40. The van der Waals surface area contributed by atoms with Gasteiger partial charge in [0.1, 0.15) is 0 Å². The maximum absolute atomic E-state index is 6.84. The average Bonchev–Trinajstić information content (AvgIpc) is 3.39. The molecule has 0 aliphatic carbocycles. The smallest absolute Gasteiger partial charge is 0.0782 e. The van der Waals surface area contributed by atoms with Crippen molar-refractivity contribution in [3.63, 3.8) is 0 Å². The summed E-state index contributed by atoms with van der Waals surface area (Å²) in [7, 11) is 0. The van der Waals surface area contributed by atoms with Gasteiger partial charge in [0.05, 0.1) is 32.8 Å². The van der Waals surface area contributed by atoms with E-state index in [0.717, 1.165) is 32.8 Å². The molecule has 0 bridgehead atoms. The van der Waals surface area contributed by atoms with Crippen molar-refractivity contribution in [3.8, 4) is 11.4 Å². The van der Waals surface area contributed by atoms with Crippen LogP contribution in [0.25, 0.3) is 55.0 Å². The van der Waals surface area contributed by atoms with Crippen LogP contribution >= 0.6 is 11.6 Å². The molecule has 0 aliphatic heterocycles. The Bertz CT molecular complexity index is 1820. The second kappa shape index (κ2) is 6.99. The summed E-state index contributed by atoms with van der Waals surface area (Å²) in [6.07, 6.45) is 0. The zero-order valence-corrected chi connectivity index (χ0v) is 18.5. The highest BCUT2D eigenvalue weighted by Gasteiger charge is 2.20. The number of hydrogen-bond acceptors (Lipinski definition) is 0. The monoisotopic (exact) mass is 442 g/mol. The lowest BCUT2D eigenvalue weighted by atomic mass is 10.1. The summed E-state index contributed by atoms with van der Waals surface area (Å²) in [5.41, 5.74) is 6.82. The van der Waals surface area contributed by atoms with Crippen LogP contribution in [0.2, 0.25) is 5.02 Å². The zero-order chi connectivity index (χ0) is 21.9. The molecular weight excluding hydrogens is 424 g/mol. The van der Waals surface area contributed by atoms with Crippen LogP contribution in [0, 0.1) is 0 Å². The maximum Gasteiger partial charge on any atom is 0.0782 e. The Morgan fingerprint density at radius 2 is 0.970 bits per heavy atom. The zero-order valence-electron chi connectivity index (χ0n) is 17.7. The SMILES string of the molecule is Clc1cccc2c3ccccc3n(-c3cccc4c5ccccc5n(-c5ccccc5)c34)c12. The summed E-state index contributed by atoms with van der Waals surface area (Å²) in [6.45, 7) is 0. The quantitative estimate of drug-likeness (QED) is 0.254. The van der Waals surface area contributed by atoms with Crippen molar-refractivity contribution in [1.29, 1.82) is 0 Å². The standard InChI is InChI=1S/C30H19ClN2/c31-25-16-8-14-23-21-12-5-7-18-27(21)33(29(23)25)28-19-9-15-24-22-13-4-6-17-26(22)32(30(24)28)20-10-2-1-3-11-20/h1-19H. The highest BCUT2D eigenvalue weighted by atomic mass is 35.5. The van der Waals surface area contributed by atoms with E-state index >= 15 is 0 Å². The predicted molar refractivity (Wildman–Crippen MR) is 140 cm³/mol. The van der Waals surface area contributed by atoms with Gasteiger partial charge < -0.3 is 9.13 Å². The molecule has 2 nitrogen and oxygen atoms in total. The van der Waals surface area contributed by atoms with Gasteiger partial charge in [-0.1, -0.05) is 90.5 Å². The topological polar surface area (TPSA) is 9.86 Å². The first-order valence-electron chi connectivity index (χ1n) is 11.1. The molecular formula is C30H19ClN2. The molecule has 0 saturated heterocycles. The van der Waals surface area contributed by atoms with Crippen LogP contribution in [0.1, 0.15) is 0 Å². The number of halogens is 1. The molecule has 0 unspecified atom stereocenters. The summed E-state index contributed by atoms with van der Waals surface area (Å²) in [5.74, 6) is 0. The van der Waals surface area contributed by atoms with E-state index in [-0.39, 0.29) is 0 Å². The number of benzene rings is 5. The van der Waals surface area contributed by atoms with E-state index in [9.17, 15) is 0 Å². The minimum absolute atomic E-state index is 0.753. The fourth-order valence-electron chi connectivity index (χ4n) is 5.25. The van der Waals surface area contributed by atoms with Crippen LogP contribution in [-0.4, -0.2) is 9.13 Å². The second-order valence-electron chi connectivity index (χ2n) is 8.35. The van der Waals surface area contributed by atoms with Crippen molar-refractivity contribution in [2.45, 2.75) is 0 Å². The molecule has 0 aliphatic rings. The van der Waals surface area contributed by atoms with Gasteiger partial charge in [0.25, 0.3) is 0 Å². The fourth-order valence-corrected chi connectivity index (χ4v) is 5.51. The minimum atomic E-state index is 0.753. The van der Waals surface area contributed by atoms with E-state index in [1.165, 1.54) is 27.2 Å². The first-order valence-corrected chi connectivity index (χ1v) is 11.5. The molecule has 0 fully saturated rings. The first kappa shape index (κ1) is 18.6.